The first kappa shape index (κ1) is 10.4. The van der Waals surface area contributed by atoms with E-state index in [1.807, 2.05) is 43.3 Å². The number of nitrogens with zero attached hydrogens (tertiary/aromatic N) is 3. The molecule has 3 rings (SSSR count). The van der Waals surface area contributed by atoms with Crippen molar-refractivity contribution in [3.8, 4) is 11.3 Å². The Labute approximate surface area is 105 Å². The van der Waals surface area contributed by atoms with Gasteiger partial charge in [-0.2, -0.15) is 5.10 Å². The minimum Gasteiger partial charge on any atom is -0.228 e. The Balaban J connectivity index is 2.28. The first-order valence-electron chi connectivity index (χ1n) is 5.35. The maximum Gasteiger partial charge on any atom is 0.159 e. The first-order chi connectivity index (χ1) is 8.25. The number of hydrogen-bond donors (Lipinski definition) is 1. The number of aromatic nitrogens is 3. The predicted octanol–water partition coefficient (Wildman–Crippen LogP) is 2.99. The summed E-state index contributed by atoms with van der Waals surface area (Å²) in [7, 11) is 0. The molecule has 0 atom stereocenters. The number of rotatable bonds is 1. The maximum absolute atomic E-state index is 4.62. The Kier molecular flexibility index (Phi) is 2.37. The lowest BCUT2D eigenvalue weighted by molar-refractivity contribution is 0.848. The second kappa shape index (κ2) is 3.89. The number of thiol groups is 1. The summed E-state index contributed by atoms with van der Waals surface area (Å²) < 4.78 is 1.74. The van der Waals surface area contributed by atoms with Crippen LogP contribution in [0.3, 0.4) is 0 Å². The Hall–Kier alpha value is -1.81. The van der Waals surface area contributed by atoms with E-state index in [0.29, 0.717) is 0 Å². The average molecular weight is 241 g/mol. The fourth-order valence-electron chi connectivity index (χ4n) is 1.81. The average Bonchev–Trinajstić information content (AvgIpc) is 2.73. The highest BCUT2D eigenvalue weighted by atomic mass is 32.1. The van der Waals surface area contributed by atoms with E-state index in [1.165, 1.54) is 0 Å². The highest BCUT2D eigenvalue weighted by Crippen LogP contribution is 2.22. The monoisotopic (exact) mass is 241 g/mol. The molecule has 0 saturated heterocycles. The fraction of sp³-hybridized carbons (Fsp3) is 0.0769. The summed E-state index contributed by atoms with van der Waals surface area (Å²) in [6.45, 7) is 2.00. The van der Waals surface area contributed by atoms with Crippen molar-refractivity contribution in [1.82, 2.24) is 14.6 Å². The molecule has 0 saturated carbocycles. The molecule has 3 aromatic rings. The molecule has 1 aromatic carbocycles. The molecule has 0 bridgehead atoms. The molecule has 0 N–H and O–H groups in total. The minimum atomic E-state index is 0.793. The number of aryl methyl sites for hydroxylation is 1. The SMILES string of the molecule is Cc1cnn2c(S)cc(-c3ccccc3)nc12. The van der Waals surface area contributed by atoms with E-state index in [4.69, 9.17) is 0 Å². The van der Waals surface area contributed by atoms with Crippen molar-refractivity contribution in [3.63, 3.8) is 0 Å². The quantitative estimate of drug-likeness (QED) is 0.524. The summed E-state index contributed by atoms with van der Waals surface area (Å²) in [5, 5.41) is 5.02. The van der Waals surface area contributed by atoms with Gasteiger partial charge in [0.25, 0.3) is 0 Å². The normalized spacial score (nSPS) is 10.9. The Morgan fingerprint density at radius 2 is 1.94 bits per heavy atom. The van der Waals surface area contributed by atoms with Gasteiger partial charge in [-0.3, -0.25) is 0 Å². The summed E-state index contributed by atoms with van der Waals surface area (Å²) in [6.07, 6.45) is 1.80. The molecule has 0 aliphatic carbocycles. The molecular formula is C13H11N3S. The van der Waals surface area contributed by atoms with Crippen molar-refractivity contribution in [2.75, 3.05) is 0 Å². The molecule has 17 heavy (non-hydrogen) atoms. The van der Waals surface area contributed by atoms with E-state index < -0.39 is 0 Å². The molecule has 0 fully saturated rings. The van der Waals surface area contributed by atoms with E-state index in [0.717, 1.165) is 27.5 Å². The van der Waals surface area contributed by atoms with Crippen molar-refractivity contribution < 1.29 is 0 Å². The molecular weight excluding hydrogens is 230 g/mol. The van der Waals surface area contributed by atoms with Crippen molar-refractivity contribution in [1.29, 1.82) is 0 Å². The van der Waals surface area contributed by atoms with E-state index >= 15 is 0 Å². The van der Waals surface area contributed by atoms with Crippen LogP contribution in [-0.4, -0.2) is 14.6 Å². The molecule has 4 heteroatoms. The number of benzene rings is 1. The fourth-order valence-corrected chi connectivity index (χ4v) is 2.08. The largest absolute Gasteiger partial charge is 0.228 e. The zero-order chi connectivity index (χ0) is 11.8. The zero-order valence-corrected chi connectivity index (χ0v) is 10.2. The summed E-state index contributed by atoms with van der Waals surface area (Å²) in [5.74, 6) is 0. The van der Waals surface area contributed by atoms with Crippen molar-refractivity contribution >= 4 is 18.3 Å². The van der Waals surface area contributed by atoms with Crippen LogP contribution < -0.4 is 0 Å². The highest BCUT2D eigenvalue weighted by Gasteiger charge is 2.07. The number of fused-ring (bicyclic) bond motifs is 1. The third-order valence-corrected chi connectivity index (χ3v) is 3.02. The van der Waals surface area contributed by atoms with Gasteiger partial charge in [0.2, 0.25) is 0 Å². The first-order valence-corrected chi connectivity index (χ1v) is 5.80. The van der Waals surface area contributed by atoms with Gasteiger partial charge in [-0.05, 0) is 13.0 Å². The van der Waals surface area contributed by atoms with Crippen LogP contribution in [0.5, 0.6) is 0 Å². The molecule has 0 spiro atoms. The van der Waals surface area contributed by atoms with Gasteiger partial charge in [-0.25, -0.2) is 9.50 Å². The van der Waals surface area contributed by atoms with Crippen LogP contribution in [-0.2, 0) is 0 Å². The zero-order valence-electron chi connectivity index (χ0n) is 9.33. The molecule has 2 heterocycles. The van der Waals surface area contributed by atoms with Gasteiger partial charge in [0, 0.05) is 11.1 Å². The number of hydrogen-bond acceptors (Lipinski definition) is 3. The van der Waals surface area contributed by atoms with Crippen LogP contribution in [0.1, 0.15) is 5.56 Å². The Morgan fingerprint density at radius 3 is 2.71 bits per heavy atom. The summed E-state index contributed by atoms with van der Waals surface area (Å²) in [6, 6.07) is 12.0. The summed E-state index contributed by atoms with van der Waals surface area (Å²) in [5.41, 5.74) is 3.92. The topological polar surface area (TPSA) is 30.2 Å². The van der Waals surface area contributed by atoms with E-state index in [-0.39, 0.29) is 0 Å². The van der Waals surface area contributed by atoms with Crippen molar-refractivity contribution in [3.05, 3.63) is 48.2 Å². The van der Waals surface area contributed by atoms with Gasteiger partial charge >= 0.3 is 0 Å². The maximum atomic E-state index is 4.62. The molecule has 3 nitrogen and oxygen atoms in total. The molecule has 2 aromatic heterocycles. The molecule has 0 aliphatic rings. The van der Waals surface area contributed by atoms with Crippen molar-refractivity contribution in [2.24, 2.45) is 0 Å². The van der Waals surface area contributed by atoms with Gasteiger partial charge < -0.3 is 0 Å². The minimum absolute atomic E-state index is 0.793. The Morgan fingerprint density at radius 1 is 1.18 bits per heavy atom. The van der Waals surface area contributed by atoms with Crippen LogP contribution in [0.2, 0.25) is 0 Å². The van der Waals surface area contributed by atoms with Crippen LogP contribution in [0.4, 0.5) is 0 Å². The third kappa shape index (κ3) is 1.70. The molecule has 0 radical (unpaired) electrons. The second-order valence-corrected chi connectivity index (χ2v) is 4.39. The van der Waals surface area contributed by atoms with Crippen molar-refractivity contribution in [2.45, 2.75) is 11.9 Å². The van der Waals surface area contributed by atoms with E-state index in [9.17, 15) is 0 Å². The second-order valence-electron chi connectivity index (χ2n) is 3.93. The lowest BCUT2D eigenvalue weighted by Gasteiger charge is -2.04. The van der Waals surface area contributed by atoms with Gasteiger partial charge in [0.1, 0.15) is 0 Å². The third-order valence-electron chi connectivity index (χ3n) is 2.70. The Bertz CT molecular complexity index is 674. The standard InChI is InChI=1S/C13H11N3S/c1-9-8-14-16-12(17)7-11(15-13(9)16)10-5-3-2-4-6-10/h2-8,17H,1H3. The van der Waals surface area contributed by atoms with E-state index in [2.05, 4.69) is 22.7 Å². The van der Waals surface area contributed by atoms with E-state index in [1.54, 1.807) is 10.7 Å². The summed E-state index contributed by atoms with van der Waals surface area (Å²) in [4.78, 5) is 4.62. The van der Waals surface area contributed by atoms with Crippen LogP contribution in [0.25, 0.3) is 16.9 Å². The lowest BCUT2D eigenvalue weighted by Crippen LogP contribution is -1.95. The molecule has 0 amide bonds. The van der Waals surface area contributed by atoms with Gasteiger partial charge in [0.05, 0.1) is 16.9 Å². The smallest absolute Gasteiger partial charge is 0.159 e. The predicted molar refractivity (Wildman–Crippen MR) is 70.4 cm³/mol. The van der Waals surface area contributed by atoms with Crippen LogP contribution >= 0.6 is 12.6 Å². The highest BCUT2D eigenvalue weighted by molar-refractivity contribution is 7.80. The van der Waals surface area contributed by atoms with Gasteiger partial charge in [-0.1, -0.05) is 30.3 Å². The molecule has 84 valence electrons. The van der Waals surface area contributed by atoms with Gasteiger partial charge in [-0.15, -0.1) is 12.6 Å². The van der Waals surface area contributed by atoms with Crippen LogP contribution in [0, 0.1) is 6.92 Å². The van der Waals surface area contributed by atoms with Gasteiger partial charge in [0.15, 0.2) is 5.65 Å². The lowest BCUT2D eigenvalue weighted by atomic mass is 10.1. The summed E-state index contributed by atoms with van der Waals surface area (Å²) >= 11 is 4.44. The van der Waals surface area contributed by atoms with Crippen LogP contribution in [0.15, 0.2) is 47.6 Å². The molecule has 0 unspecified atom stereocenters. The molecule has 0 aliphatic heterocycles.